The molecule has 128 valence electrons. The molecule has 0 amide bonds. The molecule has 2 aliphatic rings. The van der Waals surface area contributed by atoms with Crippen molar-refractivity contribution < 1.29 is 8.42 Å². The van der Waals surface area contributed by atoms with Crippen LogP contribution in [0, 0.1) is 18.3 Å². The minimum atomic E-state index is -3.34. The van der Waals surface area contributed by atoms with Gasteiger partial charge in [-0.3, -0.25) is 0 Å². The molecule has 0 spiro atoms. The van der Waals surface area contributed by atoms with Gasteiger partial charge >= 0.3 is 0 Å². The van der Waals surface area contributed by atoms with Gasteiger partial charge in [0.2, 0.25) is 10.0 Å². The number of aryl methyl sites for hydroxylation is 1. The molecule has 4 heteroatoms. The van der Waals surface area contributed by atoms with Crippen molar-refractivity contribution in [2.24, 2.45) is 11.3 Å². The Bertz CT molecular complexity index is 632. The van der Waals surface area contributed by atoms with Gasteiger partial charge in [0, 0.05) is 13.1 Å². The maximum absolute atomic E-state index is 13.0. The summed E-state index contributed by atoms with van der Waals surface area (Å²) in [6, 6.07) is 7.27. The normalized spacial score (nSPS) is 27.4. The lowest BCUT2D eigenvalue weighted by atomic mass is 9.67. The Hall–Kier alpha value is -0.870. The van der Waals surface area contributed by atoms with Gasteiger partial charge in [0.25, 0.3) is 0 Å². The molecule has 1 saturated carbocycles. The van der Waals surface area contributed by atoms with Crippen LogP contribution < -0.4 is 0 Å². The van der Waals surface area contributed by atoms with Crippen molar-refractivity contribution in [2.75, 3.05) is 13.1 Å². The van der Waals surface area contributed by atoms with E-state index in [9.17, 15) is 8.42 Å². The number of nitrogens with zero attached hydrogens (tertiary/aromatic N) is 1. The third-order valence-corrected chi connectivity index (χ3v) is 8.04. The number of benzene rings is 1. The lowest BCUT2D eigenvalue weighted by Crippen LogP contribution is -2.37. The molecule has 0 bridgehead atoms. The molecule has 1 atom stereocenters. The van der Waals surface area contributed by atoms with Gasteiger partial charge in [0.15, 0.2) is 0 Å². The van der Waals surface area contributed by atoms with E-state index in [2.05, 4.69) is 6.92 Å². The quantitative estimate of drug-likeness (QED) is 0.819. The first-order chi connectivity index (χ1) is 11.0. The zero-order valence-corrected chi connectivity index (χ0v) is 15.2. The molecule has 3 nitrogen and oxygen atoms in total. The van der Waals surface area contributed by atoms with E-state index in [0.29, 0.717) is 23.9 Å². The molecule has 1 saturated heterocycles. The van der Waals surface area contributed by atoms with E-state index in [4.69, 9.17) is 0 Å². The molecule has 1 aromatic rings. The minimum absolute atomic E-state index is 0.207. The van der Waals surface area contributed by atoms with E-state index in [1.165, 1.54) is 32.1 Å². The minimum Gasteiger partial charge on any atom is -0.207 e. The van der Waals surface area contributed by atoms with Crippen LogP contribution in [0.3, 0.4) is 0 Å². The summed E-state index contributed by atoms with van der Waals surface area (Å²) in [5, 5.41) is 0. The van der Waals surface area contributed by atoms with Crippen molar-refractivity contribution in [3.63, 3.8) is 0 Å². The first kappa shape index (κ1) is 17.0. The largest absolute Gasteiger partial charge is 0.243 e. The van der Waals surface area contributed by atoms with E-state index in [1.54, 1.807) is 16.4 Å². The Morgan fingerprint density at radius 3 is 2.39 bits per heavy atom. The van der Waals surface area contributed by atoms with E-state index < -0.39 is 10.0 Å². The van der Waals surface area contributed by atoms with Crippen LogP contribution in [-0.4, -0.2) is 25.8 Å². The molecular weight excluding hydrogens is 306 g/mol. The molecule has 1 aromatic carbocycles. The molecule has 2 fully saturated rings. The van der Waals surface area contributed by atoms with Crippen molar-refractivity contribution in [3.05, 3.63) is 29.8 Å². The Morgan fingerprint density at radius 1 is 1.13 bits per heavy atom. The number of rotatable bonds is 4. The van der Waals surface area contributed by atoms with Crippen molar-refractivity contribution in [3.8, 4) is 0 Å². The molecule has 23 heavy (non-hydrogen) atoms. The standard InChI is InChI=1S/C19H29NO2S/c1-3-19(17-7-5-4-6-8-17)13-14-20(15-19)23(21,22)18-11-9-16(2)10-12-18/h9-12,17H,3-8,13-15H2,1-2H3. The molecule has 3 rings (SSSR count). The van der Waals surface area contributed by atoms with Crippen LogP contribution in [0.4, 0.5) is 0 Å². The predicted octanol–water partition coefficient (Wildman–Crippen LogP) is 4.37. The zero-order valence-electron chi connectivity index (χ0n) is 14.4. The molecule has 1 heterocycles. The van der Waals surface area contributed by atoms with Crippen LogP contribution in [0.25, 0.3) is 0 Å². The first-order valence-corrected chi connectivity index (χ1v) is 10.5. The Kier molecular flexibility index (Phi) is 4.84. The first-order valence-electron chi connectivity index (χ1n) is 9.05. The number of hydrogen-bond acceptors (Lipinski definition) is 2. The fourth-order valence-corrected chi connectivity index (χ4v) is 6.08. The molecule has 0 aromatic heterocycles. The molecule has 1 aliphatic heterocycles. The van der Waals surface area contributed by atoms with Crippen LogP contribution in [0.1, 0.15) is 57.4 Å². The lowest BCUT2D eigenvalue weighted by Gasteiger charge is -2.39. The van der Waals surface area contributed by atoms with Gasteiger partial charge in [-0.15, -0.1) is 0 Å². The number of hydrogen-bond donors (Lipinski definition) is 0. The van der Waals surface area contributed by atoms with Gasteiger partial charge in [-0.2, -0.15) is 4.31 Å². The molecular formula is C19H29NO2S. The monoisotopic (exact) mass is 335 g/mol. The van der Waals surface area contributed by atoms with E-state index in [1.807, 2.05) is 19.1 Å². The summed E-state index contributed by atoms with van der Waals surface area (Å²) in [5.74, 6) is 0.708. The Labute approximate surface area is 141 Å². The predicted molar refractivity (Wildman–Crippen MR) is 93.9 cm³/mol. The lowest BCUT2D eigenvalue weighted by molar-refractivity contribution is 0.125. The van der Waals surface area contributed by atoms with Crippen LogP contribution >= 0.6 is 0 Å². The highest BCUT2D eigenvalue weighted by molar-refractivity contribution is 7.89. The van der Waals surface area contributed by atoms with Gasteiger partial charge in [0.05, 0.1) is 4.90 Å². The van der Waals surface area contributed by atoms with Crippen molar-refractivity contribution in [1.29, 1.82) is 0 Å². The zero-order chi connectivity index (χ0) is 16.5. The smallest absolute Gasteiger partial charge is 0.207 e. The highest BCUT2D eigenvalue weighted by Gasteiger charge is 2.46. The van der Waals surface area contributed by atoms with Crippen LogP contribution in [-0.2, 0) is 10.0 Å². The maximum Gasteiger partial charge on any atom is 0.243 e. The van der Waals surface area contributed by atoms with Crippen LogP contribution in [0.5, 0.6) is 0 Å². The topological polar surface area (TPSA) is 37.4 Å². The fraction of sp³-hybridized carbons (Fsp3) is 0.684. The van der Waals surface area contributed by atoms with E-state index in [0.717, 1.165) is 18.4 Å². The summed E-state index contributed by atoms with van der Waals surface area (Å²) in [7, 11) is -3.34. The summed E-state index contributed by atoms with van der Waals surface area (Å²) in [5.41, 5.74) is 1.30. The van der Waals surface area contributed by atoms with E-state index >= 15 is 0 Å². The van der Waals surface area contributed by atoms with E-state index in [-0.39, 0.29) is 5.41 Å². The second-order valence-corrected chi connectivity index (χ2v) is 9.39. The van der Waals surface area contributed by atoms with Crippen molar-refractivity contribution in [1.82, 2.24) is 4.31 Å². The summed E-state index contributed by atoms with van der Waals surface area (Å²) < 4.78 is 27.7. The number of sulfonamides is 1. The highest BCUT2D eigenvalue weighted by Crippen LogP contribution is 2.48. The third-order valence-electron chi connectivity index (χ3n) is 6.18. The highest BCUT2D eigenvalue weighted by atomic mass is 32.2. The van der Waals surface area contributed by atoms with Gasteiger partial charge in [-0.1, -0.05) is 43.9 Å². The average Bonchev–Trinajstić information content (AvgIpc) is 3.03. The molecule has 1 unspecified atom stereocenters. The van der Waals surface area contributed by atoms with Crippen LogP contribution in [0.15, 0.2) is 29.2 Å². The van der Waals surface area contributed by atoms with Crippen LogP contribution in [0.2, 0.25) is 0 Å². The van der Waals surface area contributed by atoms with Gasteiger partial charge in [0.1, 0.15) is 0 Å². The third kappa shape index (κ3) is 3.20. The van der Waals surface area contributed by atoms with Gasteiger partial charge in [-0.25, -0.2) is 8.42 Å². The second-order valence-electron chi connectivity index (χ2n) is 7.45. The maximum atomic E-state index is 13.0. The van der Waals surface area contributed by atoms with Crippen molar-refractivity contribution in [2.45, 2.75) is 63.7 Å². The Morgan fingerprint density at radius 2 is 1.78 bits per heavy atom. The summed E-state index contributed by atoms with van der Waals surface area (Å²) in [4.78, 5) is 0.443. The molecule has 0 N–H and O–H groups in total. The summed E-state index contributed by atoms with van der Waals surface area (Å²) >= 11 is 0. The average molecular weight is 336 g/mol. The summed E-state index contributed by atoms with van der Waals surface area (Å²) in [6.45, 7) is 5.62. The second kappa shape index (κ2) is 6.56. The molecule has 0 radical (unpaired) electrons. The van der Waals surface area contributed by atoms with Gasteiger partial charge < -0.3 is 0 Å². The Balaban J connectivity index is 1.81. The SMILES string of the molecule is CCC1(C2CCCCC2)CCN(S(=O)(=O)c2ccc(C)cc2)C1. The molecule has 1 aliphatic carbocycles. The summed E-state index contributed by atoms with van der Waals surface area (Å²) in [6.07, 6.45) is 8.67. The van der Waals surface area contributed by atoms with Gasteiger partial charge in [-0.05, 0) is 56.1 Å². The van der Waals surface area contributed by atoms with Crippen molar-refractivity contribution >= 4 is 10.0 Å². The fourth-order valence-electron chi connectivity index (χ4n) is 4.55.